The molecule has 0 aliphatic carbocycles. The van der Waals surface area contributed by atoms with E-state index in [-0.39, 0.29) is 17.9 Å². The average Bonchev–Trinajstić information content (AvgIpc) is 3.00. The van der Waals surface area contributed by atoms with Gasteiger partial charge < -0.3 is 14.7 Å². The van der Waals surface area contributed by atoms with Crippen LogP contribution in [0.2, 0.25) is 0 Å². The van der Waals surface area contributed by atoms with Crippen molar-refractivity contribution in [2.45, 2.75) is 38.3 Å². The van der Waals surface area contributed by atoms with Crippen molar-refractivity contribution < 1.29 is 9.59 Å². The quantitative estimate of drug-likeness (QED) is 0.235. The highest BCUT2D eigenvalue weighted by Gasteiger charge is 2.30. The number of para-hydroxylation sites is 1. The van der Waals surface area contributed by atoms with Gasteiger partial charge in [-0.15, -0.1) is 0 Å². The average molecular weight is 574 g/mol. The third-order valence-electron chi connectivity index (χ3n) is 8.13. The monoisotopic (exact) mass is 573 g/mol. The van der Waals surface area contributed by atoms with Gasteiger partial charge in [-0.1, -0.05) is 72.4 Å². The Bertz CT molecular complexity index is 1660. The molecule has 6 rings (SSSR count). The molecule has 0 spiro atoms. The number of carbonyl (C=O) groups is 2. The molecule has 6 heteroatoms. The summed E-state index contributed by atoms with van der Waals surface area (Å²) in [5.41, 5.74) is 7.25. The second-order valence-corrected chi connectivity index (χ2v) is 12.2. The molecule has 212 valence electrons. The first-order valence-electron chi connectivity index (χ1n) is 14.4. The summed E-state index contributed by atoms with van der Waals surface area (Å²) in [4.78, 5) is 35.1. The largest absolute Gasteiger partial charge is 0.365 e. The number of fused-ring (bicyclic) bond motifs is 1. The van der Waals surface area contributed by atoms with Gasteiger partial charge in [-0.3, -0.25) is 9.59 Å². The molecule has 1 atom stereocenters. The van der Waals surface area contributed by atoms with E-state index in [0.717, 1.165) is 33.8 Å². The van der Waals surface area contributed by atoms with Crippen molar-refractivity contribution in [1.82, 2.24) is 4.90 Å². The molecule has 4 aromatic carbocycles. The van der Waals surface area contributed by atoms with Crippen LogP contribution < -0.4 is 9.80 Å². The maximum absolute atomic E-state index is 13.7. The number of piperazine rings is 1. The number of nitrogens with zero attached hydrogens (tertiary/aromatic N) is 3. The lowest BCUT2D eigenvalue weighted by Gasteiger charge is -2.41. The zero-order chi connectivity index (χ0) is 29.2. The van der Waals surface area contributed by atoms with Crippen LogP contribution in [0.15, 0.2) is 107 Å². The predicted molar refractivity (Wildman–Crippen MR) is 173 cm³/mol. The topological polar surface area (TPSA) is 43.9 Å². The molecule has 0 radical (unpaired) electrons. The van der Waals surface area contributed by atoms with Gasteiger partial charge in [-0.25, -0.2) is 0 Å². The van der Waals surface area contributed by atoms with Crippen molar-refractivity contribution in [3.8, 4) is 0 Å². The number of aryl methyl sites for hydroxylation is 2. The molecule has 1 saturated heterocycles. The first-order chi connectivity index (χ1) is 20.4. The Morgan fingerprint density at radius 1 is 0.905 bits per heavy atom. The van der Waals surface area contributed by atoms with Crippen molar-refractivity contribution in [2.24, 2.45) is 0 Å². The van der Waals surface area contributed by atoms with Gasteiger partial charge in [0.1, 0.15) is 0 Å². The van der Waals surface area contributed by atoms with Crippen molar-refractivity contribution in [3.63, 3.8) is 0 Å². The van der Waals surface area contributed by atoms with Crippen molar-refractivity contribution >= 4 is 41.0 Å². The highest BCUT2D eigenvalue weighted by Crippen LogP contribution is 2.42. The molecule has 2 aliphatic rings. The van der Waals surface area contributed by atoms with Crippen LogP contribution in [0.5, 0.6) is 0 Å². The number of carbonyl (C=O) groups excluding carboxylic acids is 2. The smallest absolute Gasteiger partial charge is 0.265 e. The predicted octanol–water partition coefficient (Wildman–Crippen LogP) is 7.33. The Morgan fingerprint density at radius 2 is 1.67 bits per heavy atom. The van der Waals surface area contributed by atoms with Crippen molar-refractivity contribution in [2.75, 3.05) is 29.4 Å². The first kappa shape index (κ1) is 27.9. The maximum atomic E-state index is 13.7. The fourth-order valence-electron chi connectivity index (χ4n) is 5.77. The van der Waals surface area contributed by atoms with E-state index >= 15 is 0 Å². The number of hydrogen-bond acceptors (Lipinski definition) is 4. The van der Waals surface area contributed by atoms with Crippen LogP contribution in [-0.4, -0.2) is 42.4 Å². The van der Waals surface area contributed by atoms with E-state index in [1.165, 1.54) is 23.0 Å². The van der Waals surface area contributed by atoms with Crippen LogP contribution in [0.4, 0.5) is 11.4 Å². The highest BCUT2D eigenvalue weighted by atomic mass is 32.2. The van der Waals surface area contributed by atoms with E-state index in [2.05, 4.69) is 68.1 Å². The van der Waals surface area contributed by atoms with Gasteiger partial charge in [0.25, 0.3) is 11.8 Å². The molecule has 2 heterocycles. The van der Waals surface area contributed by atoms with Crippen molar-refractivity contribution in [1.29, 1.82) is 0 Å². The second-order valence-electron chi connectivity index (χ2n) is 11.2. The molecular weight excluding hydrogens is 538 g/mol. The van der Waals surface area contributed by atoms with Gasteiger partial charge in [0.05, 0.1) is 17.1 Å². The summed E-state index contributed by atoms with van der Waals surface area (Å²) >= 11 is 1.50. The Balaban J connectivity index is 1.17. The summed E-state index contributed by atoms with van der Waals surface area (Å²) in [6, 6.07) is 32.7. The van der Waals surface area contributed by atoms with Gasteiger partial charge in [0.15, 0.2) is 0 Å². The fraction of sp³-hybridized carbons (Fsp3) is 0.222. The van der Waals surface area contributed by atoms with Gasteiger partial charge in [0, 0.05) is 41.8 Å². The number of rotatable bonds is 5. The second kappa shape index (κ2) is 11.9. The third kappa shape index (κ3) is 5.72. The summed E-state index contributed by atoms with van der Waals surface area (Å²) in [6.07, 6.45) is 1.94. The summed E-state index contributed by atoms with van der Waals surface area (Å²) < 4.78 is 0. The zero-order valence-corrected chi connectivity index (χ0v) is 25.1. The Hall–Kier alpha value is -4.29. The molecule has 2 amide bonds. The molecule has 2 aliphatic heterocycles. The highest BCUT2D eigenvalue weighted by molar-refractivity contribution is 8.04. The van der Waals surface area contributed by atoms with Crippen LogP contribution in [0, 0.1) is 13.8 Å². The maximum Gasteiger partial charge on any atom is 0.265 e. The van der Waals surface area contributed by atoms with Crippen LogP contribution in [0.3, 0.4) is 0 Å². The van der Waals surface area contributed by atoms with Crippen LogP contribution >= 0.6 is 11.8 Å². The van der Waals surface area contributed by atoms with E-state index < -0.39 is 0 Å². The standard InChI is InChI=1S/C36H35N3O2S/c1-25-9-8-12-31(21-25)38-20-19-37(23-27(38)3)35(40)29-17-15-28(16-18-29)22-34-36(41)39(24-30-11-5-4-10-26(30)2)32-13-6-7-14-33(32)42-34/h4-18,21-22,27H,19-20,23-24H2,1-3H3/b34-22+. The number of thioether (sulfide) groups is 1. The SMILES string of the molecule is Cc1cccc(N2CCN(C(=O)c3ccc(/C=C4/Sc5ccccc5N(Cc5ccccc5C)C4=O)cc3)CC2C)c1. The molecule has 0 aromatic heterocycles. The molecule has 5 nitrogen and oxygen atoms in total. The van der Waals surface area contributed by atoms with E-state index in [1.54, 1.807) is 0 Å². The van der Waals surface area contributed by atoms with Crippen LogP contribution in [0.25, 0.3) is 6.08 Å². The van der Waals surface area contributed by atoms with E-state index in [4.69, 9.17) is 0 Å². The van der Waals surface area contributed by atoms with Crippen LogP contribution in [-0.2, 0) is 11.3 Å². The lowest BCUT2D eigenvalue weighted by atomic mass is 10.1. The lowest BCUT2D eigenvalue weighted by molar-refractivity contribution is -0.114. The molecule has 0 N–H and O–H groups in total. The van der Waals surface area contributed by atoms with E-state index in [9.17, 15) is 9.59 Å². The fourth-order valence-corrected chi connectivity index (χ4v) is 6.82. The van der Waals surface area contributed by atoms with E-state index in [0.29, 0.717) is 30.1 Å². The molecule has 4 aromatic rings. The van der Waals surface area contributed by atoms with E-state index in [1.807, 2.05) is 70.5 Å². The lowest BCUT2D eigenvalue weighted by Crippen LogP contribution is -2.53. The Kier molecular flexibility index (Phi) is 7.90. The minimum atomic E-state index is -0.0115. The third-order valence-corrected chi connectivity index (χ3v) is 9.20. The van der Waals surface area contributed by atoms with Gasteiger partial charge in [0.2, 0.25) is 0 Å². The van der Waals surface area contributed by atoms with Crippen LogP contribution in [0.1, 0.15) is 39.5 Å². The summed E-state index contributed by atoms with van der Waals surface area (Å²) in [5, 5.41) is 0. The molecular formula is C36H35N3O2S. The molecule has 0 saturated carbocycles. The number of anilines is 2. The van der Waals surface area contributed by atoms with Gasteiger partial charge >= 0.3 is 0 Å². The number of benzene rings is 4. The Labute approximate surface area is 252 Å². The summed E-state index contributed by atoms with van der Waals surface area (Å²) in [7, 11) is 0. The Morgan fingerprint density at radius 3 is 2.43 bits per heavy atom. The number of amides is 2. The minimum absolute atomic E-state index is 0.0115. The normalized spacial score (nSPS) is 17.9. The van der Waals surface area contributed by atoms with Gasteiger partial charge in [-0.05, 0) is 85.5 Å². The van der Waals surface area contributed by atoms with Gasteiger partial charge in [-0.2, -0.15) is 0 Å². The molecule has 0 bridgehead atoms. The summed E-state index contributed by atoms with van der Waals surface area (Å²) in [6.45, 7) is 9.05. The minimum Gasteiger partial charge on any atom is -0.365 e. The van der Waals surface area contributed by atoms with Crippen molar-refractivity contribution in [3.05, 3.63) is 130 Å². The summed E-state index contributed by atoms with van der Waals surface area (Å²) in [5.74, 6) is 0.0361. The first-order valence-corrected chi connectivity index (χ1v) is 15.3. The molecule has 1 unspecified atom stereocenters. The molecule has 1 fully saturated rings. The number of hydrogen-bond donors (Lipinski definition) is 0. The zero-order valence-electron chi connectivity index (χ0n) is 24.3. The molecule has 42 heavy (non-hydrogen) atoms.